The van der Waals surface area contributed by atoms with E-state index < -0.39 is 0 Å². The molecule has 2 aliphatic heterocycles. The number of nitrogens with zero attached hydrogens (tertiary/aromatic N) is 5. The number of aliphatic hydroxyl groups excluding tert-OH is 1. The minimum atomic E-state index is -0.281. The molecule has 4 aliphatic rings. The number of benzene rings is 2. The Hall–Kier alpha value is -4.76. The third-order valence-corrected chi connectivity index (χ3v) is 11.8. The standard InChI is InChI=1S/C24H27N3O2.C18H18N2O/c1-15-20(24(29)14-26-19-9-10-21(26)23(28)11-19)12-22(17-3-2-4-17)27(15)18-7-5-16(13-25)6-8-18;1-12-17(13(2)21)10-18(15-4-3-5-15)20(12)16-8-6-14(11-19)7-9-16/h5-8,12,17,19,21,23,28H,2-4,9-11,14H2,1H3;6-10,15H,3-5H2,1-2H3/t19?,21?,23-;/m0./s1. The van der Waals surface area contributed by atoms with Crippen LogP contribution in [0.3, 0.4) is 0 Å². The summed E-state index contributed by atoms with van der Waals surface area (Å²) in [4.78, 5) is 27.4. The number of hydrogen-bond acceptors (Lipinski definition) is 6. The number of ketones is 2. The van der Waals surface area contributed by atoms with Gasteiger partial charge in [0.2, 0.25) is 0 Å². The van der Waals surface area contributed by atoms with Gasteiger partial charge < -0.3 is 14.2 Å². The van der Waals surface area contributed by atoms with Gasteiger partial charge in [0.15, 0.2) is 11.6 Å². The number of carbonyl (C=O) groups is 2. The molecule has 50 heavy (non-hydrogen) atoms. The van der Waals surface area contributed by atoms with Gasteiger partial charge in [-0.3, -0.25) is 14.5 Å². The van der Waals surface area contributed by atoms with Crippen molar-refractivity contribution in [2.75, 3.05) is 6.54 Å². The zero-order valence-electron chi connectivity index (χ0n) is 29.2. The molecule has 3 atom stereocenters. The average molecular weight is 668 g/mol. The molecule has 0 spiro atoms. The fourth-order valence-corrected chi connectivity index (χ4v) is 8.53. The van der Waals surface area contributed by atoms with Crippen molar-refractivity contribution in [2.45, 2.75) is 109 Å². The third-order valence-electron chi connectivity index (χ3n) is 11.8. The van der Waals surface area contributed by atoms with Crippen molar-refractivity contribution in [1.29, 1.82) is 10.5 Å². The number of aliphatic hydroxyl groups is 1. The van der Waals surface area contributed by atoms with Crippen LogP contribution in [0.4, 0.5) is 0 Å². The van der Waals surface area contributed by atoms with Crippen LogP contribution in [0.1, 0.15) is 131 Å². The molecule has 256 valence electrons. The highest BCUT2D eigenvalue weighted by Crippen LogP contribution is 2.42. The molecule has 2 aromatic carbocycles. The van der Waals surface area contributed by atoms with Crippen LogP contribution in [-0.2, 0) is 0 Å². The van der Waals surface area contributed by atoms with E-state index in [9.17, 15) is 14.7 Å². The SMILES string of the molecule is CC(=O)c1cc(C2CCC2)n(-c2ccc(C#N)cc2)c1C.Cc1c(C(=O)CN2C3CCC2[C@@H](O)C3)cc(C2CCC2)n1-c1ccc(C#N)cc1. The van der Waals surface area contributed by atoms with E-state index in [1.807, 2.05) is 62.4 Å². The van der Waals surface area contributed by atoms with Gasteiger partial charge in [0, 0.05) is 57.4 Å². The summed E-state index contributed by atoms with van der Waals surface area (Å²) in [6, 6.07) is 24.2. The second kappa shape index (κ2) is 13.9. The lowest BCUT2D eigenvalue weighted by molar-refractivity contribution is 0.0872. The molecule has 2 bridgehead atoms. The van der Waals surface area contributed by atoms with E-state index in [2.05, 4.69) is 38.3 Å². The van der Waals surface area contributed by atoms with E-state index in [0.717, 1.165) is 66.0 Å². The first-order valence-corrected chi connectivity index (χ1v) is 18.1. The molecule has 2 unspecified atom stereocenters. The monoisotopic (exact) mass is 667 g/mol. The minimum absolute atomic E-state index is 0.112. The molecule has 0 radical (unpaired) electrons. The number of Topliss-reactive ketones (excluding diaryl/α,β-unsaturated/α-hetero) is 2. The van der Waals surface area contributed by atoms with E-state index >= 15 is 0 Å². The fraction of sp³-hybridized carbons (Fsp3) is 0.429. The molecule has 8 nitrogen and oxygen atoms in total. The number of hydrogen-bond donors (Lipinski definition) is 1. The Balaban J connectivity index is 0.000000166. The molecule has 4 aromatic rings. The van der Waals surface area contributed by atoms with Crippen molar-refractivity contribution < 1.29 is 14.7 Å². The van der Waals surface area contributed by atoms with Crippen LogP contribution >= 0.6 is 0 Å². The summed E-state index contributed by atoms with van der Waals surface area (Å²) in [5.41, 5.74) is 9.37. The van der Waals surface area contributed by atoms with E-state index in [4.69, 9.17) is 10.5 Å². The molecule has 2 aliphatic carbocycles. The molecule has 2 saturated heterocycles. The van der Waals surface area contributed by atoms with Crippen LogP contribution in [-0.4, -0.2) is 55.4 Å². The summed E-state index contributed by atoms with van der Waals surface area (Å²) >= 11 is 0. The molecule has 0 amide bonds. The van der Waals surface area contributed by atoms with Gasteiger partial charge in [-0.05, 0) is 138 Å². The van der Waals surface area contributed by atoms with Gasteiger partial charge in [-0.15, -0.1) is 0 Å². The summed E-state index contributed by atoms with van der Waals surface area (Å²) in [5, 5.41) is 28.2. The summed E-state index contributed by atoms with van der Waals surface area (Å²) in [5.74, 6) is 1.31. The highest BCUT2D eigenvalue weighted by molar-refractivity contribution is 5.99. The van der Waals surface area contributed by atoms with Gasteiger partial charge in [-0.1, -0.05) is 12.8 Å². The average Bonchev–Trinajstić information content (AvgIpc) is 3.79. The van der Waals surface area contributed by atoms with Gasteiger partial charge >= 0.3 is 0 Å². The number of nitriles is 2. The van der Waals surface area contributed by atoms with Gasteiger partial charge in [0.05, 0.1) is 35.9 Å². The maximum absolute atomic E-state index is 13.3. The predicted molar refractivity (Wildman–Crippen MR) is 192 cm³/mol. The molecule has 4 heterocycles. The van der Waals surface area contributed by atoms with Crippen LogP contribution in [0.15, 0.2) is 60.7 Å². The van der Waals surface area contributed by atoms with Gasteiger partial charge in [-0.25, -0.2) is 0 Å². The summed E-state index contributed by atoms with van der Waals surface area (Å²) in [6.07, 6.45) is 9.82. The molecule has 2 aromatic heterocycles. The normalized spacial score (nSPS) is 21.4. The van der Waals surface area contributed by atoms with Crippen LogP contribution in [0.5, 0.6) is 0 Å². The lowest BCUT2D eigenvalue weighted by Gasteiger charge is -2.27. The number of rotatable bonds is 8. The summed E-state index contributed by atoms with van der Waals surface area (Å²) in [6.45, 7) is 6.04. The van der Waals surface area contributed by atoms with Crippen LogP contribution in [0.25, 0.3) is 11.4 Å². The Bertz CT molecular complexity index is 2000. The van der Waals surface area contributed by atoms with Gasteiger partial charge in [0.1, 0.15) is 0 Å². The van der Waals surface area contributed by atoms with Crippen molar-refractivity contribution in [2.24, 2.45) is 0 Å². The molecule has 4 fully saturated rings. The van der Waals surface area contributed by atoms with E-state index in [0.29, 0.717) is 35.5 Å². The van der Waals surface area contributed by atoms with Crippen LogP contribution in [0.2, 0.25) is 0 Å². The maximum atomic E-state index is 13.3. The van der Waals surface area contributed by atoms with Crippen LogP contribution < -0.4 is 0 Å². The highest BCUT2D eigenvalue weighted by Gasteiger charge is 2.46. The highest BCUT2D eigenvalue weighted by atomic mass is 16.3. The third kappa shape index (κ3) is 6.12. The van der Waals surface area contributed by atoms with Crippen molar-refractivity contribution in [3.05, 3.63) is 106 Å². The van der Waals surface area contributed by atoms with Gasteiger partial charge in [0.25, 0.3) is 0 Å². The van der Waals surface area contributed by atoms with E-state index in [-0.39, 0.29) is 23.7 Å². The lowest BCUT2D eigenvalue weighted by atomic mass is 9.82. The Morgan fingerprint density at radius 3 is 1.60 bits per heavy atom. The second-order valence-electron chi connectivity index (χ2n) is 14.6. The van der Waals surface area contributed by atoms with E-state index in [1.165, 1.54) is 37.1 Å². The Labute approximate surface area is 294 Å². The fourth-order valence-electron chi connectivity index (χ4n) is 8.53. The smallest absolute Gasteiger partial charge is 0.178 e. The summed E-state index contributed by atoms with van der Waals surface area (Å²) < 4.78 is 4.40. The Morgan fingerprint density at radius 1 is 0.740 bits per heavy atom. The molecular weight excluding hydrogens is 622 g/mol. The Kier molecular flexibility index (Phi) is 9.35. The first kappa shape index (κ1) is 33.7. The largest absolute Gasteiger partial charge is 0.391 e. The summed E-state index contributed by atoms with van der Waals surface area (Å²) in [7, 11) is 0. The zero-order chi connectivity index (χ0) is 35.1. The quantitative estimate of drug-likeness (QED) is 0.192. The lowest BCUT2D eigenvalue weighted by Crippen LogP contribution is -2.36. The van der Waals surface area contributed by atoms with Crippen molar-refractivity contribution in [3.8, 4) is 23.5 Å². The Morgan fingerprint density at radius 2 is 1.22 bits per heavy atom. The molecule has 1 N–H and O–H groups in total. The molecule has 2 saturated carbocycles. The first-order valence-electron chi connectivity index (χ1n) is 18.1. The maximum Gasteiger partial charge on any atom is 0.178 e. The zero-order valence-corrected chi connectivity index (χ0v) is 29.2. The minimum Gasteiger partial charge on any atom is -0.391 e. The number of fused-ring (bicyclic) bond motifs is 2. The predicted octanol–water partition coefficient (Wildman–Crippen LogP) is 7.83. The molecule has 8 rings (SSSR count). The van der Waals surface area contributed by atoms with E-state index in [1.54, 1.807) is 6.92 Å². The van der Waals surface area contributed by atoms with Crippen LogP contribution in [0, 0.1) is 36.5 Å². The van der Waals surface area contributed by atoms with Crippen molar-refractivity contribution >= 4 is 11.6 Å². The number of aromatic nitrogens is 2. The van der Waals surface area contributed by atoms with Crippen molar-refractivity contribution in [1.82, 2.24) is 14.0 Å². The topological polar surface area (TPSA) is 115 Å². The first-order chi connectivity index (χ1) is 24.2. The van der Waals surface area contributed by atoms with Gasteiger partial charge in [-0.2, -0.15) is 10.5 Å². The molecular formula is C42H45N5O3. The number of carbonyl (C=O) groups excluding carboxylic acids is 2. The van der Waals surface area contributed by atoms with Crippen molar-refractivity contribution in [3.63, 3.8) is 0 Å². The second-order valence-corrected chi connectivity index (χ2v) is 14.6. The molecule has 8 heteroatoms.